The van der Waals surface area contributed by atoms with Crippen molar-refractivity contribution in [2.75, 3.05) is 0 Å². The molecule has 0 radical (unpaired) electrons. The third kappa shape index (κ3) is 3.21. The Hall–Kier alpha value is -2.55. The number of alkyl halides is 3. The second-order valence-corrected chi connectivity index (χ2v) is 5.64. The largest absolute Gasteiger partial charge is 0.573 e. The molecule has 0 amide bonds. The average molecular weight is 401 g/mol. The summed E-state index contributed by atoms with van der Waals surface area (Å²) in [6, 6.07) is 8.37. The number of H-pyrrole nitrogens is 1. The van der Waals surface area contributed by atoms with Crippen molar-refractivity contribution < 1.29 is 23.0 Å². The first-order valence-electron chi connectivity index (χ1n) is 6.52. The van der Waals surface area contributed by atoms with Gasteiger partial charge in [0, 0.05) is 0 Å². The van der Waals surface area contributed by atoms with Crippen molar-refractivity contribution >= 4 is 26.8 Å². The fraction of sp³-hybridized carbons (Fsp3) is 0.0667. The number of rotatable bonds is 2. The molecule has 1 aromatic heterocycles. The predicted octanol–water partition coefficient (Wildman–Crippen LogP) is 3.96. The number of aromatic amines is 1. The van der Waals surface area contributed by atoms with E-state index in [1.54, 1.807) is 24.3 Å². The van der Waals surface area contributed by atoms with Crippen molar-refractivity contribution in [3.63, 3.8) is 0 Å². The number of nitrogens with one attached hydrogen (secondary N) is 1. The van der Waals surface area contributed by atoms with E-state index in [1.165, 1.54) is 0 Å². The summed E-state index contributed by atoms with van der Waals surface area (Å²) in [7, 11) is 0. The van der Waals surface area contributed by atoms with Gasteiger partial charge in [0.1, 0.15) is 17.3 Å². The Morgan fingerprint density at radius 2 is 1.92 bits per heavy atom. The van der Waals surface area contributed by atoms with Crippen LogP contribution in [0.15, 0.2) is 45.7 Å². The van der Waals surface area contributed by atoms with Gasteiger partial charge < -0.3 is 14.8 Å². The number of fused-ring (bicyclic) bond motifs is 1. The Bertz CT molecular complexity index is 986. The number of phenols is 1. The van der Waals surface area contributed by atoms with Crippen LogP contribution >= 0.6 is 15.9 Å². The molecule has 1 heterocycles. The first-order valence-corrected chi connectivity index (χ1v) is 7.31. The third-order valence-electron chi connectivity index (χ3n) is 3.14. The van der Waals surface area contributed by atoms with Crippen LogP contribution in [0.25, 0.3) is 22.3 Å². The van der Waals surface area contributed by atoms with Crippen molar-refractivity contribution in [2.45, 2.75) is 6.36 Å². The van der Waals surface area contributed by atoms with Crippen molar-refractivity contribution in [3.8, 4) is 22.9 Å². The lowest BCUT2D eigenvalue weighted by Gasteiger charge is -2.12. The second-order valence-electron chi connectivity index (χ2n) is 4.78. The highest BCUT2D eigenvalue weighted by molar-refractivity contribution is 9.10. The van der Waals surface area contributed by atoms with Gasteiger partial charge in [0.05, 0.1) is 20.9 Å². The van der Waals surface area contributed by atoms with Gasteiger partial charge in [-0.2, -0.15) is 0 Å². The minimum Gasteiger partial charge on any atom is -0.506 e. The van der Waals surface area contributed by atoms with Crippen LogP contribution in [0.1, 0.15) is 0 Å². The van der Waals surface area contributed by atoms with Crippen molar-refractivity contribution in [1.29, 1.82) is 0 Å². The molecule has 0 saturated heterocycles. The maximum absolute atomic E-state index is 12.4. The molecule has 0 spiro atoms. The molecule has 2 aromatic carbocycles. The summed E-state index contributed by atoms with van der Waals surface area (Å²) in [6.45, 7) is 0. The Kier molecular flexibility index (Phi) is 3.96. The standard InChI is InChI=1S/C15H8BrF3N2O3/c16-10-6-7(24-15(17,18)19)5-9(12(10)22)13-20-11-4-2-1-3-8(11)14(23)21-13/h1-6,22H,(H,20,21,23). The van der Waals surface area contributed by atoms with Crippen molar-refractivity contribution in [2.24, 2.45) is 0 Å². The molecule has 0 fully saturated rings. The van der Waals surface area contributed by atoms with E-state index in [0.717, 1.165) is 12.1 Å². The number of phenolic OH excluding ortho intramolecular Hbond substituents is 1. The van der Waals surface area contributed by atoms with E-state index < -0.39 is 17.7 Å². The average Bonchev–Trinajstić information content (AvgIpc) is 2.49. The van der Waals surface area contributed by atoms with Crippen LogP contribution in [0.4, 0.5) is 13.2 Å². The highest BCUT2D eigenvalue weighted by Crippen LogP contribution is 2.39. The Morgan fingerprint density at radius 1 is 1.21 bits per heavy atom. The summed E-state index contributed by atoms with van der Waals surface area (Å²) in [5.41, 5.74) is -0.242. The number of aromatic hydroxyl groups is 1. The molecule has 0 aliphatic heterocycles. The molecule has 0 aliphatic rings. The third-order valence-corrected chi connectivity index (χ3v) is 3.74. The molecule has 3 aromatic rings. The zero-order valence-corrected chi connectivity index (χ0v) is 13.3. The van der Waals surface area contributed by atoms with Crippen molar-refractivity contribution in [1.82, 2.24) is 9.97 Å². The van der Waals surface area contributed by atoms with Gasteiger partial charge in [0.15, 0.2) is 0 Å². The molecule has 2 N–H and O–H groups in total. The summed E-state index contributed by atoms with van der Waals surface area (Å²) in [4.78, 5) is 18.7. The number of benzene rings is 2. The number of nitrogens with zero attached hydrogens (tertiary/aromatic N) is 1. The maximum Gasteiger partial charge on any atom is 0.573 e. The normalized spacial score (nSPS) is 11.7. The molecule has 0 aliphatic carbocycles. The van der Waals surface area contributed by atoms with Crippen LogP contribution in [-0.4, -0.2) is 21.4 Å². The number of hydrogen-bond acceptors (Lipinski definition) is 4. The van der Waals surface area contributed by atoms with E-state index in [2.05, 4.69) is 30.6 Å². The van der Waals surface area contributed by atoms with Crippen LogP contribution in [0, 0.1) is 0 Å². The van der Waals surface area contributed by atoms with Crippen molar-refractivity contribution in [3.05, 3.63) is 51.2 Å². The van der Waals surface area contributed by atoms with Crippen LogP contribution in [0.5, 0.6) is 11.5 Å². The van der Waals surface area contributed by atoms with Gasteiger partial charge in [-0.15, -0.1) is 13.2 Å². The molecule has 9 heteroatoms. The van der Waals surface area contributed by atoms with Gasteiger partial charge in [0.25, 0.3) is 5.56 Å². The summed E-state index contributed by atoms with van der Waals surface area (Å²) in [5.74, 6) is -1.01. The van der Waals surface area contributed by atoms with E-state index >= 15 is 0 Å². The van der Waals surface area contributed by atoms with E-state index in [4.69, 9.17) is 0 Å². The molecular formula is C15H8BrF3N2O3. The van der Waals surface area contributed by atoms with Crippen LogP contribution < -0.4 is 10.3 Å². The van der Waals surface area contributed by atoms with E-state index in [0.29, 0.717) is 10.9 Å². The Balaban J connectivity index is 2.20. The van der Waals surface area contributed by atoms with Gasteiger partial charge in [-0.05, 0) is 40.2 Å². The molecule has 24 heavy (non-hydrogen) atoms. The van der Waals surface area contributed by atoms with E-state index in [1.807, 2.05) is 0 Å². The summed E-state index contributed by atoms with van der Waals surface area (Å²) < 4.78 is 41.0. The first kappa shape index (κ1) is 16.3. The second kappa shape index (κ2) is 5.82. The minimum absolute atomic E-state index is 0.0324. The Labute approximate surface area is 140 Å². The smallest absolute Gasteiger partial charge is 0.506 e. The molecule has 0 saturated carbocycles. The topological polar surface area (TPSA) is 75.2 Å². The van der Waals surface area contributed by atoms with Gasteiger partial charge in [-0.25, -0.2) is 4.98 Å². The summed E-state index contributed by atoms with van der Waals surface area (Å²) in [5, 5.41) is 10.4. The first-order chi connectivity index (χ1) is 11.2. The zero-order valence-electron chi connectivity index (χ0n) is 11.7. The monoisotopic (exact) mass is 400 g/mol. The highest BCUT2D eigenvalue weighted by atomic mass is 79.9. The molecular weight excluding hydrogens is 393 g/mol. The van der Waals surface area contributed by atoms with E-state index in [-0.39, 0.29) is 21.6 Å². The lowest BCUT2D eigenvalue weighted by Crippen LogP contribution is -2.17. The zero-order chi connectivity index (χ0) is 17.5. The number of aromatic nitrogens is 2. The molecule has 3 rings (SSSR count). The van der Waals surface area contributed by atoms with Gasteiger partial charge in [-0.3, -0.25) is 4.79 Å². The minimum atomic E-state index is -4.89. The summed E-state index contributed by atoms with van der Waals surface area (Å²) >= 11 is 2.95. The Morgan fingerprint density at radius 3 is 2.62 bits per heavy atom. The number of ether oxygens (including phenoxy) is 1. The maximum atomic E-state index is 12.4. The number of hydrogen-bond donors (Lipinski definition) is 2. The molecule has 0 atom stereocenters. The fourth-order valence-electron chi connectivity index (χ4n) is 2.16. The fourth-order valence-corrected chi connectivity index (χ4v) is 2.60. The molecule has 5 nitrogen and oxygen atoms in total. The number of para-hydroxylation sites is 1. The molecule has 124 valence electrons. The number of halogens is 4. The SMILES string of the molecule is O=c1[nH]c(-c2cc(OC(F)(F)F)cc(Br)c2O)nc2ccccc12. The highest BCUT2D eigenvalue weighted by Gasteiger charge is 2.32. The quantitative estimate of drug-likeness (QED) is 0.682. The summed E-state index contributed by atoms with van der Waals surface area (Å²) in [6.07, 6.45) is -4.89. The predicted molar refractivity (Wildman–Crippen MR) is 83.8 cm³/mol. The van der Waals surface area contributed by atoms with Crippen LogP contribution in [0.3, 0.4) is 0 Å². The van der Waals surface area contributed by atoms with E-state index in [9.17, 15) is 23.1 Å². The van der Waals surface area contributed by atoms with Gasteiger partial charge >= 0.3 is 6.36 Å². The lowest BCUT2D eigenvalue weighted by atomic mass is 10.1. The van der Waals surface area contributed by atoms with Crippen LogP contribution in [-0.2, 0) is 0 Å². The lowest BCUT2D eigenvalue weighted by molar-refractivity contribution is -0.274. The van der Waals surface area contributed by atoms with Gasteiger partial charge in [-0.1, -0.05) is 12.1 Å². The molecule has 0 unspecified atom stereocenters. The molecule has 0 bridgehead atoms. The van der Waals surface area contributed by atoms with Gasteiger partial charge in [0.2, 0.25) is 0 Å². The van der Waals surface area contributed by atoms with Crippen LogP contribution in [0.2, 0.25) is 0 Å².